The van der Waals surface area contributed by atoms with E-state index in [4.69, 9.17) is 0 Å². The topological polar surface area (TPSA) is 64.2 Å². The third-order valence-electron chi connectivity index (χ3n) is 4.94. The number of carbonyl (C=O) groups is 1. The predicted molar refractivity (Wildman–Crippen MR) is 114 cm³/mol. The first kappa shape index (κ1) is 18.6. The van der Waals surface area contributed by atoms with Crippen molar-refractivity contribution in [1.29, 1.82) is 0 Å². The number of amides is 1. The third-order valence-corrected chi connectivity index (χ3v) is 5.59. The minimum atomic E-state index is -0.180. The predicted octanol–water partition coefficient (Wildman–Crippen LogP) is 3.60. The number of thioether (sulfide) groups is 1. The molecule has 4 aromatic rings. The highest BCUT2D eigenvalue weighted by atomic mass is 32.2. The van der Waals surface area contributed by atoms with E-state index in [9.17, 15) is 4.79 Å². The van der Waals surface area contributed by atoms with Crippen molar-refractivity contribution in [2.24, 2.45) is 0 Å². The maximum atomic E-state index is 12.8. The number of aromatic nitrogens is 4. The van der Waals surface area contributed by atoms with Crippen molar-refractivity contribution in [2.75, 3.05) is 12.0 Å². The Labute approximate surface area is 168 Å². The molecule has 0 saturated carbocycles. The standard InChI is InChI=1S/C21H23N5OS/c1-15-6-5-7-18-16(15)9-12-25(18)14-20(27)22-17(10-13-28-2)21-24-23-19-8-3-4-11-26(19)21/h3-9,11-12,17H,10,13-14H2,1-2H3,(H,22,27). The number of rotatable bonds is 7. The molecule has 28 heavy (non-hydrogen) atoms. The molecule has 0 spiro atoms. The molecular weight excluding hydrogens is 370 g/mol. The highest BCUT2D eigenvalue weighted by Gasteiger charge is 2.20. The van der Waals surface area contributed by atoms with E-state index in [1.165, 1.54) is 10.9 Å². The number of hydrogen-bond acceptors (Lipinski definition) is 4. The number of hydrogen-bond donors (Lipinski definition) is 1. The molecule has 0 bridgehead atoms. The van der Waals surface area contributed by atoms with Crippen molar-refractivity contribution < 1.29 is 4.79 Å². The van der Waals surface area contributed by atoms with Crippen LogP contribution in [-0.2, 0) is 11.3 Å². The summed E-state index contributed by atoms with van der Waals surface area (Å²) in [5.74, 6) is 1.67. The van der Waals surface area contributed by atoms with Crippen molar-refractivity contribution in [3.05, 3.63) is 66.2 Å². The van der Waals surface area contributed by atoms with Crippen LogP contribution in [0.15, 0.2) is 54.9 Å². The molecule has 1 aromatic carbocycles. The van der Waals surface area contributed by atoms with Crippen LogP contribution in [0.4, 0.5) is 0 Å². The van der Waals surface area contributed by atoms with Crippen molar-refractivity contribution in [2.45, 2.75) is 25.9 Å². The van der Waals surface area contributed by atoms with Gasteiger partial charge in [-0.05, 0) is 55.2 Å². The van der Waals surface area contributed by atoms with Gasteiger partial charge in [0.1, 0.15) is 6.54 Å². The summed E-state index contributed by atoms with van der Waals surface area (Å²) in [5.41, 5.74) is 3.07. The third kappa shape index (κ3) is 3.62. The minimum Gasteiger partial charge on any atom is -0.344 e. The van der Waals surface area contributed by atoms with Gasteiger partial charge in [0.15, 0.2) is 11.5 Å². The fourth-order valence-corrected chi connectivity index (χ4v) is 3.98. The lowest BCUT2D eigenvalue weighted by atomic mass is 10.1. The number of nitrogens with one attached hydrogen (secondary N) is 1. The monoisotopic (exact) mass is 393 g/mol. The molecule has 3 heterocycles. The van der Waals surface area contributed by atoms with Crippen LogP contribution in [0, 0.1) is 6.92 Å². The fourth-order valence-electron chi connectivity index (χ4n) is 3.51. The van der Waals surface area contributed by atoms with E-state index in [2.05, 4.69) is 40.8 Å². The first-order chi connectivity index (χ1) is 13.7. The molecule has 4 rings (SSSR count). The summed E-state index contributed by atoms with van der Waals surface area (Å²) in [6.45, 7) is 2.36. The first-order valence-electron chi connectivity index (χ1n) is 9.30. The van der Waals surface area contributed by atoms with Gasteiger partial charge in [0.2, 0.25) is 5.91 Å². The van der Waals surface area contributed by atoms with E-state index in [1.54, 1.807) is 11.8 Å². The van der Waals surface area contributed by atoms with Gasteiger partial charge in [0.05, 0.1) is 6.04 Å². The summed E-state index contributed by atoms with van der Waals surface area (Å²) in [6, 6.07) is 13.8. The van der Waals surface area contributed by atoms with E-state index in [0.717, 1.165) is 29.2 Å². The fraction of sp³-hybridized carbons (Fsp3) is 0.286. The molecule has 0 aliphatic carbocycles. The number of benzene rings is 1. The van der Waals surface area contributed by atoms with E-state index < -0.39 is 0 Å². The Morgan fingerprint density at radius 3 is 2.89 bits per heavy atom. The average molecular weight is 394 g/mol. The molecule has 144 valence electrons. The minimum absolute atomic E-state index is 0.0298. The SMILES string of the molecule is CSCCC(NC(=O)Cn1ccc2c(C)cccc21)c1nnc2ccccn12. The van der Waals surface area contributed by atoms with E-state index in [-0.39, 0.29) is 18.5 Å². The van der Waals surface area contributed by atoms with Gasteiger partial charge < -0.3 is 9.88 Å². The lowest BCUT2D eigenvalue weighted by molar-refractivity contribution is -0.122. The zero-order chi connectivity index (χ0) is 19.5. The van der Waals surface area contributed by atoms with Crippen LogP contribution >= 0.6 is 11.8 Å². The van der Waals surface area contributed by atoms with Crippen LogP contribution < -0.4 is 5.32 Å². The van der Waals surface area contributed by atoms with E-state index in [1.807, 2.05) is 51.7 Å². The molecule has 0 fully saturated rings. The smallest absolute Gasteiger partial charge is 0.240 e. The number of nitrogens with zero attached hydrogens (tertiary/aromatic N) is 4. The zero-order valence-electron chi connectivity index (χ0n) is 16.0. The highest BCUT2D eigenvalue weighted by molar-refractivity contribution is 7.98. The van der Waals surface area contributed by atoms with Gasteiger partial charge in [0, 0.05) is 23.3 Å². The van der Waals surface area contributed by atoms with Gasteiger partial charge in [-0.2, -0.15) is 11.8 Å². The van der Waals surface area contributed by atoms with Gasteiger partial charge in [-0.15, -0.1) is 10.2 Å². The zero-order valence-corrected chi connectivity index (χ0v) is 16.8. The summed E-state index contributed by atoms with van der Waals surface area (Å²) >= 11 is 1.75. The van der Waals surface area contributed by atoms with Crippen LogP contribution in [0.1, 0.15) is 23.9 Å². The van der Waals surface area contributed by atoms with Crippen molar-refractivity contribution >= 4 is 34.2 Å². The average Bonchev–Trinajstić information content (AvgIpc) is 3.30. The Balaban J connectivity index is 1.56. The van der Waals surface area contributed by atoms with Crippen molar-refractivity contribution in [3.8, 4) is 0 Å². The van der Waals surface area contributed by atoms with Crippen molar-refractivity contribution in [1.82, 2.24) is 24.5 Å². The van der Waals surface area contributed by atoms with Gasteiger partial charge in [0.25, 0.3) is 0 Å². The Morgan fingerprint density at radius 1 is 1.14 bits per heavy atom. The molecular formula is C21H23N5OS. The Kier molecular flexibility index (Phi) is 5.34. The molecule has 0 aliphatic heterocycles. The molecule has 7 heteroatoms. The lowest BCUT2D eigenvalue weighted by Gasteiger charge is -2.17. The normalized spacial score (nSPS) is 12.5. The highest BCUT2D eigenvalue weighted by Crippen LogP contribution is 2.21. The number of fused-ring (bicyclic) bond motifs is 2. The quantitative estimate of drug-likeness (QED) is 0.521. The number of pyridine rings is 1. The molecule has 3 aromatic heterocycles. The van der Waals surface area contributed by atoms with Gasteiger partial charge in [-0.1, -0.05) is 18.2 Å². The lowest BCUT2D eigenvalue weighted by Crippen LogP contribution is -2.33. The molecule has 6 nitrogen and oxygen atoms in total. The summed E-state index contributed by atoms with van der Waals surface area (Å²) < 4.78 is 3.94. The molecule has 0 radical (unpaired) electrons. The van der Waals surface area contributed by atoms with Gasteiger partial charge >= 0.3 is 0 Å². The number of carbonyl (C=O) groups excluding carboxylic acids is 1. The van der Waals surface area contributed by atoms with Gasteiger partial charge in [-0.3, -0.25) is 9.20 Å². The van der Waals surface area contributed by atoms with Gasteiger partial charge in [-0.25, -0.2) is 0 Å². The Bertz CT molecular complexity index is 1120. The largest absolute Gasteiger partial charge is 0.344 e. The summed E-state index contributed by atoms with van der Waals surface area (Å²) in [7, 11) is 0. The summed E-state index contributed by atoms with van der Waals surface area (Å²) in [6.07, 6.45) is 6.77. The molecule has 0 saturated heterocycles. The molecule has 0 aliphatic rings. The first-order valence-corrected chi connectivity index (χ1v) is 10.7. The Morgan fingerprint density at radius 2 is 2.04 bits per heavy atom. The molecule has 1 amide bonds. The Hall–Kier alpha value is -2.80. The van der Waals surface area contributed by atoms with Crippen molar-refractivity contribution in [3.63, 3.8) is 0 Å². The van der Waals surface area contributed by atoms with E-state index in [0.29, 0.717) is 0 Å². The van der Waals surface area contributed by atoms with Crippen LogP contribution in [0.25, 0.3) is 16.6 Å². The second-order valence-corrected chi connectivity index (χ2v) is 7.83. The maximum Gasteiger partial charge on any atom is 0.240 e. The summed E-state index contributed by atoms with van der Waals surface area (Å²) in [5, 5.41) is 12.9. The van der Waals surface area contributed by atoms with Crippen LogP contribution in [0.5, 0.6) is 0 Å². The molecule has 1 atom stereocenters. The van der Waals surface area contributed by atoms with Crippen LogP contribution in [-0.4, -0.2) is 37.1 Å². The molecule has 1 N–H and O–H groups in total. The summed E-state index contributed by atoms with van der Waals surface area (Å²) in [4.78, 5) is 12.8. The second kappa shape index (κ2) is 8.06. The number of aryl methyl sites for hydroxylation is 1. The van der Waals surface area contributed by atoms with Crippen LogP contribution in [0.2, 0.25) is 0 Å². The van der Waals surface area contributed by atoms with Crippen LogP contribution in [0.3, 0.4) is 0 Å². The second-order valence-electron chi connectivity index (χ2n) is 6.84. The maximum absolute atomic E-state index is 12.8. The van der Waals surface area contributed by atoms with E-state index >= 15 is 0 Å². The molecule has 1 unspecified atom stereocenters.